The molecule has 0 saturated carbocycles. The summed E-state index contributed by atoms with van der Waals surface area (Å²) in [7, 11) is 0. The van der Waals surface area contributed by atoms with E-state index in [-0.39, 0.29) is 18.3 Å². The van der Waals surface area contributed by atoms with Crippen LogP contribution in [0.4, 0.5) is 0 Å². The van der Waals surface area contributed by atoms with Crippen LogP contribution in [0.5, 0.6) is 11.5 Å². The van der Waals surface area contributed by atoms with E-state index in [1.54, 1.807) is 0 Å². The summed E-state index contributed by atoms with van der Waals surface area (Å²) in [4.78, 5) is 14.4. The molecule has 0 spiro atoms. The topological polar surface area (TPSA) is 50.8 Å². The van der Waals surface area contributed by atoms with E-state index in [2.05, 4.69) is 12.2 Å². The predicted molar refractivity (Wildman–Crippen MR) is 78.0 cm³/mol. The van der Waals surface area contributed by atoms with Crippen LogP contribution in [-0.4, -0.2) is 49.7 Å². The van der Waals surface area contributed by atoms with Crippen molar-refractivity contribution in [2.45, 2.75) is 13.0 Å². The fraction of sp³-hybridized carbons (Fsp3) is 0.500. The summed E-state index contributed by atoms with van der Waals surface area (Å²) in [5.74, 6) is 1.28. The van der Waals surface area contributed by atoms with Crippen LogP contribution in [0.25, 0.3) is 0 Å². The van der Waals surface area contributed by atoms with Crippen LogP contribution in [0.15, 0.2) is 18.2 Å². The first-order valence-corrected chi connectivity index (χ1v) is 6.67. The second-order valence-electron chi connectivity index (χ2n) is 4.94. The molecule has 1 N–H and O–H groups in total. The number of carbonyl (C=O) groups excluding carboxylic acids is 1. The third kappa shape index (κ3) is 2.83. The first-order chi connectivity index (χ1) is 9.25. The smallest absolute Gasteiger partial charge is 0.257 e. The molecule has 2 aliphatic rings. The molecular formula is C14H19ClN2O3. The van der Waals surface area contributed by atoms with Gasteiger partial charge in [-0.3, -0.25) is 4.79 Å². The highest BCUT2D eigenvalue weighted by molar-refractivity contribution is 5.98. The third-order valence-corrected chi connectivity index (χ3v) is 3.45. The van der Waals surface area contributed by atoms with E-state index < -0.39 is 0 Å². The van der Waals surface area contributed by atoms with Crippen molar-refractivity contribution in [2.24, 2.45) is 0 Å². The molecule has 2 aliphatic heterocycles. The highest BCUT2D eigenvalue weighted by atomic mass is 35.5. The molecule has 6 heteroatoms. The minimum atomic E-state index is 0. The van der Waals surface area contributed by atoms with E-state index in [0.717, 1.165) is 19.6 Å². The largest absolute Gasteiger partial charge is 0.486 e. The Labute approximate surface area is 124 Å². The first kappa shape index (κ1) is 14.9. The van der Waals surface area contributed by atoms with Gasteiger partial charge >= 0.3 is 0 Å². The molecule has 2 heterocycles. The van der Waals surface area contributed by atoms with Crippen molar-refractivity contribution in [3.05, 3.63) is 23.8 Å². The summed E-state index contributed by atoms with van der Waals surface area (Å²) >= 11 is 0. The minimum Gasteiger partial charge on any atom is -0.486 e. The number of fused-ring (bicyclic) bond motifs is 1. The lowest BCUT2D eigenvalue weighted by Crippen LogP contribution is -2.51. The molecule has 0 aromatic heterocycles. The van der Waals surface area contributed by atoms with Gasteiger partial charge in [0.05, 0.1) is 5.56 Å². The van der Waals surface area contributed by atoms with Gasteiger partial charge in [-0.1, -0.05) is 6.07 Å². The second kappa shape index (κ2) is 6.33. The highest BCUT2D eigenvalue weighted by Gasteiger charge is 2.26. The van der Waals surface area contributed by atoms with Gasteiger partial charge in [0.1, 0.15) is 13.2 Å². The van der Waals surface area contributed by atoms with Crippen molar-refractivity contribution in [1.29, 1.82) is 0 Å². The molecule has 1 aromatic rings. The standard InChI is InChI=1S/C14H18N2O3.ClH/c1-10-9-16(6-5-15-10)14(17)11-3-2-4-12-13(11)19-8-7-18-12;/h2-4,10,15H,5-9H2,1H3;1H/t10-;/m1./s1. The zero-order chi connectivity index (χ0) is 13.2. The lowest BCUT2D eigenvalue weighted by Gasteiger charge is -2.32. The number of nitrogens with zero attached hydrogens (tertiary/aromatic N) is 1. The first-order valence-electron chi connectivity index (χ1n) is 6.67. The molecule has 0 radical (unpaired) electrons. The average Bonchev–Trinajstić information content (AvgIpc) is 2.46. The van der Waals surface area contributed by atoms with E-state index in [1.165, 1.54) is 0 Å². The lowest BCUT2D eigenvalue weighted by atomic mass is 10.1. The monoisotopic (exact) mass is 298 g/mol. The maximum Gasteiger partial charge on any atom is 0.257 e. The van der Waals surface area contributed by atoms with Crippen molar-refractivity contribution >= 4 is 18.3 Å². The van der Waals surface area contributed by atoms with Gasteiger partial charge in [-0.2, -0.15) is 0 Å². The van der Waals surface area contributed by atoms with Gasteiger partial charge in [0.2, 0.25) is 0 Å². The van der Waals surface area contributed by atoms with Crippen LogP contribution >= 0.6 is 12.4 Å². The van der Waals surface area contributed by atoms with E-state index in [4.69, 9.17) is 9.47 Å². The van der Waals surface area contributed by atoms with Gasteiger partial charge in [-0.15, -0.1) is 12.4 Å². The number of para-hydroxylation sites is 1. The normalized spacial score (nSPS) is 21.1. The Kier molecular flexibility index (Phi) is 4.73. The summed E-state index contributed by atoms with van der Waals surface area (Å²) in [5, 5.41) is 3.33. The molecule has 5 nitrogen and oxygen atoms in total. The van der Waals surface area contributed by atoms with Crippen LogP contribution < -0.4 is 14.8 Å². The number of hydrogen-bond acceptors (Lipinski definition) is 4. The maximum atomic E-state index is 12.6. The van der Waals surface area contributed by atoms with E-state index in [9.17, 15) is 4.79 Å². The van der Waals surface area contributed by atoms with Crippen LogP contribution in [0.1, 0.15) is 17.3 Å². The quantitative estimate of drug-likeness (QED) is 0.849. The zero-order valence-corrected chi connectivity index (χ0v) is 12.2. The van der Waals surface area contributed by atoms with E-state index >= 15 is 0 Å². The number of nitrogens with one attached hydrogen (secondary N) is 1. The summed E-state index contributed by atoms with van der Waals surface area (Å²) in [6, 6.07) is 5.81. The Balaban J connectivity index is 0.00000147. The number of benzene rings is 1. The van der Waals surface area contributed by atoms with Crippen molar-refractivity contribution in [3.8, 4) is 11.5 Å². The SMILES string of the molecule is C[C@@H]1CN(C(=O)c2cccc3c2OCCO3)CCN1.Cl. The van der Waals surface area contributed by atoms with Crippen LogP contribution in [0.2, 0.25) is 0 Å². The van der Waals surface area contributed by atoms with Gasteiger partial charge < -0.3 is 19.7 Å². The van der Waals surface area contributed by atoms with Crippen molar-refractivity contribution in [2.75, 3.05) is 32.8 Å². The molecule has 1 aromatic carbocycles. The molecule has 0 bridgehead atoms. The third-order valence-electron chi connectivity index (χ3n) is 3.45. The van der Waals surface area contributed by atoms with E-state index in [1.807, 2.05) is 23.1 Å². The van der Waals surface area contributed by atoms with Crippen molar-refractivity contribution in [3.63, 3.8) is 0 Å². The number of amides is 1. The van der Waals surface area contributed by atoms with Crippen LogP contribution in [0, 0.1) is 0 Å². The molecule has 1 amide bonds. The fourth-order valence-corrected chi connectivity index (χ4v) is 2.53. The van der Waals surface area contributed by atoms with Gasteiger partial charge in [0, 0.05) is 25.7 Å². The number of carbonyl (C=O) groups is 1. The number of ether oxygens (including phenoxy) is 2. The molecule has 0 unspecified atom stereocenters. The zero-order valence-electron chi connectivity index (χ0n) is 11.4. The number of piperazine rings is 1. The summed E-state index contributed by atoms with van der Waals surface area (Å²) in [6.45, 7) is 5.40. The van der Waals surface area contributed by atoms with Crippen LogP contribution in [-0.2, 0) is 0 Å². The Morgan fingerprint density at radius 3 is 2.95 bits per heavy atom. The van der Waals surface area contributed by atoms with Crippen molar-refractivity contribution in [1.82, 2.24) is 10.2 Å². The van der Waals surface area contributed by atoms with E-state index in [0.29, 0.717) is 36.3 Å². The molecule has 110 valence electrons. The molecule has 1 saturated heterocycles. The molecule has 1 fully saturated rings. The number of rotatable bonds is 1. The summed E-state index contributed by atoms with van der Waals surface area (Å²) < 4.78 is 11.1. The molecule has 3 rings (SSSR count). The Bertz CT molecular complexity index is 495. The molecule has 0 aliphatic carbocycles. The Morgan fingerprint density at radius 1 is 1.35 bits per heavy atom. The van der Waals surface area contributed by atoms with Gasteiger partial charge in [0.25, 0.3) is 5.91 Å². The van der Waals surface area contributed by atoms with Crippen LogP contribution in [0.3, 0.4) is 0 Å². The molecule has 1 atom stereocenters. The Morgan fingerprint density at radius 2 is 2.15 bits per heavy atom. The summed E-state index contributed by atoms with van der Waals surface area (Å²) in [6.07, 6.45) is 0. The van der Waals surface area contributed by atoms with Gasteiger partial charge in [-0.05, 0) is 19.1 Å². The summed E-state index contributed by atoms with van der Waals surface area (Å²) in [5.41, 5.74) is 0.603. The average molecular weight is 299 g/mol. The molecule has 20 heavy (non-hydrogen) atoms. The maximum absolute atomic E-state index is 12.6. The van der Waals surface area contributed by atoms with Gasteiger partial charge in [0.15, 0.2) is 11.5 Å². The Hall–Kier alpha value is -1.46. The van der Waals surface area contributed by atoms with Crippen molar-refractivity contribution < 1.29 is 14.3 Å². The second-order valence-corrected chi connectivity index (χ2v) is 4.94. The number of hydrogen-bond donors (Lipinski definition) is 1. The number of halogens is 1. The fourth-order valence-electron chi connectivity index (χ4n) is 2.53. The lowest BCUT2D eigenvalue weighted by molar-refractivity contribution is 0.0699. The molecular weight excluding hydrogens is 280 g/mol. The predicted octanol–water partition coefficient (Wildman–Crippen LogP) is 1.31. The van der Waals surface area contributed by atoms with Gasteiger partial charge in [-0.25, -0.2) is 0 Å². The highest BCUT2D eigenvalue weighted by Crippen LogP contribution is 2.34. The minimum absolute atomic E-state index is 0.